The Morgan fingerprint density at radius 3 is 1.00 bits per heavy atom. The van der Waals surface area contributed by atoms with E-state index in [1.165, 1.54) is 347 Å². The Bertz CT molecular complexity index is 1740. The number of nitrogens with one attached hydrogen (secondary N) is 1. The maximum absolute atomic E-state index is 13.4. The first-order valence-corrected chi connectivity index (χ1v) is 42.6. The van der Waals surface area contributed by atoms with Crippen LogP contribution >= 0.6 is 0 Å². The Balaban J connectivity index is 1.59. The van der Waals surface area contributed by atoms with Gasteiger partial charge in [-0.15, -0.1) is 0 Å². The summed E-state index contributed by atoms with van der Waals surface area (Å²) in [6, 6.07) is -0.931. The summed E-state index contributed by atoms with van der Waals surface area (Å²) >= 11 is 0. The summed E-state index contributed by atoms with van der Waals surface area (Å²) in [4.78, 5) is 13.4. The van der Waals surface area contributed by atoms with E-state index in [0.29, 0.717) is 12.8 Å². The van der Waals surface area contributed by atoms with Crippen molar-refractivity contribution in [2.75, 3.05) is 19.8 Å². The van der Waals surface area contributed by atoms with E-state index in [1.54, 1.807) is 6.08 Å². The highest BCUT2D eigenvalue weighted by atomic mass is 16.7. The number of unbranched alkanes of at least 4 members (excludes halogenated alkanes) is 58. The van der Waals surface area contributed by atoms with E-state index in [4.69, 9.17) is 18.9 Å². The van der Waals surface area contributed by atoms with Crippen molar-refractivity contribution in [3.63, 3.8) is 0 Å². The lowest BCUT2D eigenvalue weighted by Gasteiger charge is -2.46. The first-order chi connectivity index (χ1) is 48.1. The molecule has 12 unspecified atom stereocenters. The molecule has 2 aliphatic heterocycles. The molecule has 2 fully saturated rings. The molecular formula is C84H161NO13. The highest BCUT2D eigenvalue weighted by Crippen LogP contribution is 2.31. The minimum Gasteiger partial charge on any atom is -0.394 e. The fourth-order valence-corrected chi connectivity index (χ4v) is 14.4. The Kier molecular flexibility index (Phi) is 64.8. The highest BCUT2D eigenvalue weighted by molar-refractivity contribution is 5.76. The van der Waals surface area contributed by atoms with Crippen molar-refractivity contribution < 1.29 is 64.6 Å². The van der Waals surface area contributed by atoms with Crippen molar-refractivity contribution in [1.82, 2.24) is 5.32 Å². The summed E-state index contributed by atoms with van der Waals surface area (Å²) in [6.45, 7) is 2.86. The van der Waals surface area contributed by atoms with E-state index < -0.39 is 86.8 Å². The van der Waals surface area contributed by atoms with Gasteiger partial charge in [-0.05, 0) is 32.1 Å². The molecule has 98 heavy (non-hydrogen) atoms. The standard InChI is InChI=1S/C84H161NO13/c1-3-5-7-9-11-13-15-17-19-21-23-25-27-29-31-33-34-35-36-37-38-40-42-44-46-48-50-52-54-56-58-60-62-64-66-68-76(89)85-72(71-95-83-81(94)79(92)82(75(70-87)97-83)98-84-80(93)78(91)77(90)74(69-86)96-84)73(88)67-65-63-61-59-57-55-53-51-49-47-45-43-41-39-32-30-28-26-24-22-20-18-16-14-12-10-8-6-4-2/h57,59,65,67,72-75,77-84,86-88,90-94H,3-56,58,60-64,66,68-71H2,1-2H3,(H,85,89)/b59-57+,67-65+. The zero-order chi connectivity index (χ0) is 70.8. The van der Waals surface area contributed by atoms with Gasteiger partial charge in [-0.25, -0.2) is 0 Å². The molecule has 2 rings (SSSR count). The van der Waals surface area contributed by atoms with Gasteiger partial charge in [0.1, 0.15) is 48.8 Å². The fraction of sp³-hybridized carbons (Fsp3) is 0.940. The molecule has 14 heteroatoms. The molecule has 1 amide bonds. The Morgan fingerprint density at radius 1 is 0.357 bits per heavy atom. The van der Waals surface area contributed by atoms with Crippen molar-refractivity contribution in [3.8, 4) is 0 Å². The smallest absolute Gasteiger partial charge is 0.220 e. The lowest BCUT2D eigenvalue weighted by Crippen LogP contribution is -2.65. The molecule has 0 spiro atoms. The molecule has 0 aromatic rings. The van der Waals surface area contributed by atoms with E-state index in [-0.39, 0.29) is 18.9 Å². The SMILES string of the molecule is CCCCCCCCCCCCCCCCCCCCCCCCC/C=C/CC/C=C/C(O)C(COC1OC(CO)C(OC2OC(CO)C(O)C(O)C2O)C(O)C1O)NC(=O)CCCCCCCCCCCCCCCCCCCCCCCCCCCCCCCCCCCCC. The Morgan fingerprint density at radius 2 is 0.653 bits per heavy atom. The van der Waals surface area contributed by atoms with Gasteiger partial charge in [0, 0.05) is 6.42 Å². The summed E-state index contributed by atoms with van der Waals surface area (Å²) in [7, 11) is 0. The number of ether oxygens (including phenoxy) is 4. The van der Waals surface area contributed by atoms with Gasteiger partial charge in [0.15, 0.2) is 12.6 Å². The van der Waals surface area contributed by atoms with Crippen LogP contribution in [-0.4, -0.2) is 140 Å². The maximum Gasteiger partial charge on any atom is 0.220 e. The molecule has 0 bridgehead atoms. The third-order valence-electron chi connectivity index (χ3n) is 21.1. The fourth-order valence-electron chi connectivity index (χ4n) is 14.4. The Hall–Kier alpha value is -1.53. The second-order valence-corrected chi connectivity index (χ2v) is 30.3. The van der Waals surface area contributed by atoms with Crippen molar-refractivity contribution in [2.45, 2.75) is 485 Å². The van der Waals surface area contributed by atoms with Crippen LogP contribution < -0.4 is 5.32 Å². The van der Waals surface area contributed by atoms with E-state index >= 15 is 0 Å². The molecule has 0 aromatic heterocycles. The largest absolute Gasteiger partial charge is 0.394 e. The first kappa shape index (κ1) is 92.6. The van der Waals surface area contributed by atoms with Crippen LogP contribution in [0.5, 0.6) is 0 Å². The maximum atomic E-state index is 13.4. The molecule has 2 saturated heterocycles. The van der Waals surface area contributed by atoms with Gasteiger partial charge in [-0.3, -0.25) is 4.79 Å². The molecule has 0 aliphatic carbocycles. The minimum atomic E-state index is -1.79. The summed E-state index contributed by atoms with van der Waals surface area (Å²) in [5.74, 6) is -0.239. The molecular weight excluding hydrogens is 1230 g/mol. The molecule has 2 aliphatic rings. The number of aliphatic hydroxyl groups excluding tert-OH is 8. The zero-order valence-electron chi connectivity index (χ0n) is 63.8. The van der Waals surface area contributed by atoms with Crippen LogP contribution in [0.25, 0.3) is 0 Å². The molecule has 2 heterocycles. The summed E-state index contributed by atoms with van der Waals surface area (Å²) in [5.41, 5.74) is 0. The lowest BCUT2D eigenvalue weighted by molar-refractivity contribution is -0.359. The number of aliphatic hydroxyl groups is 8. The number of carbonyl (C=O) groups is 1. The number of carbonyl (C=O) groups excluding carboxylic acids is 1. The van der Waals surface area contributed by atoms with E-state index in [9.17, 15) is 45.6 Å². The molecule has 0 radical (unpaired) electrons. The molecule has 9 N–H and O–H groups in total. The lowest BCUT2D eigenvalue weighted by atomic mass is 9.97. The van der Waals surface area contributed by atoms with E-state index in [1.807, 2.05) is 6.08 Å². The Labute approximate surface area is 602 Å². The molecule has 0 aromatic carbocycles. The number of hydrogen-bond acceptors (Lipinski definition) is 13. The van der Waals surface area contributed by atoms with Crippen LogP contribution in [0, 0.1) is 0 Å². The third-order valence-corrected chi connectivity index (χ3v) is 21.1. The van der Waals surface area contributed by atoms with Crippen molar-refractivity contribution in [1.29, 1.82) is 0 Å². The summed E-state index contributed by atoms with van der Waals surface area (Å²) in [6.07, 6.45) is 72.9. The van der Waals surface area contributed by atoms with Crippen molar-refractivity contribution in [2.24, 2.45) is 0 Å². The van der Waals surface area contributed by atoms with Crippen LogP contribution in [0.2, 0.25) is 0 Å². The molecule has 0 saturated carbocycles. The van der Waals surface area contributed by atoms with Gasteiger partial charge in [0.2, 0.25) is 5.91 Å². The number of allylic oxidation sites excluding steroid dienone is 3. The monoisotopic (exact) mass is 1390 g/mol. The van der Waals surface area contributed by atoms with Gasteiger partial charge in [0.05, 0.1) is 32.0 Å². The van der Waals surface area contributed by atoms with Crippen LogP contribution in [0.15, 0.2) is 24.3 Å². The van der Waals surface area contributed by atoms with Crippen LogP contribution in [-0.2, 0) is 23.7 Å². The van der Waals surface area contributed by atoms with Gasteiger partial charge in [-0.2, -0.15) is 0 Å². The first-order valence-electron chi connectivity index (χ1n) is 42.6. The van der Waals surface area contributed by atoms with Crippen LogP contribution in [0.4, 0.5) is 0 Å². The summed E-state index contributed by atoms with van der Waals surface area (Å²) < 4.78 is 22.9. The normalized spacial score (nSPS) is 22.1. The van der Waals surface area contributed by atoms with Crippen LogP contribution in [0.1, 0.15) is 412 Å². The van der Waals surface area contributed by atoms with E-state index in [2.05, 4.69) is 31.3 Å². The van der Waals surface area contributed by atoms with Gasteiger partial charge < -0.3 is 65.1 Å². The average molecular weight is 1390 g/mol. The molecule has 12 atom stereocenters. The molecule has 14 nitrogen and oxygen atoms in total. The quantitative estimate of drug-likeness (QED) is 0.0204. The number of rotatable bonds is 73. The third kappa shape index (κ3) is 50.8. The summed E-state index contributed by atoms with van der Waals surface area (Å²) in [5, 5.41) is 87.7. The topological polar surface area (TPSA) is 228 Å². The predicted molar refractivity (Wildman–Crippen MR) is 406 cm³/mol. The second kappa shape index (κ2) is 68.6. The second-order valence-electron chi connectivity index (χ2n) is 30.3. The predicted octanol–water partition coefficient (Wildman–Crippen LogP) is 19.8. The van der Waals surface area contributed by atoms with Gasteiger partial charge >= 0.3 is 0 Å². The van der Waals surface area contributed by atoms with E-state index in [0.717, 1.165) is 32.1 Å². The average Bonchev–Trinajstić information content (AvgIpc) is 0.792. The minimum absolute atomic E-state index is 0.239. The highest BCUT2D eigenvalue weighted by Gasteiger charge is 2.51. The van der Waals surface area contributed by atoms with Crippen LogP contribution in [0.3, 0.4) is 0 Å². The van der Waals surface area contributed by atoms with Gasteiger partial charge in [-0.1, -0.05) is 398 Å². The number of hydrogen-bond donors (Lipinski definition) is 9. The number of amides is 1. The zero-order valence-corrected chi connectivity index (χ0v) is 63.8. The van der Waals surface area contributed by atoms with Crippen molar-refractivity contribution >= 4 is 5.91 Å². The molecule has 580 valence electrons. The van der Waals surface area contributed by atoms with Crippen molar-refractivity contribution in [3.05, 3.63) is 24.3 Å². The van der Waals surface area contributed by atoms with Gasteiger partial charge in [0.25, 0.3) is 0 Å².